The van der Waals surface area contributed by atoms with E-state index in [1.165, 1.54) is 11.8 Å². The summed E-state index contributed by atoms with van der Waals surface area (Å²) >= 11 is 0. The van der Waals surface area contributed by atoms with Gasteiger partial charge < -0.3 is 0 Å². The summed E-state index contributed by atoms with van der Waals surface area (Å²) in [4.78, 5) is 22.0. The molecule has 1 fully saturated rings. The van der Waals surface area contributed by atoms with Gasteiger partial charge in [0.05, 0.1) is 0 Å². The van der Waals surface area contributed by atoms with Crippen molar-refractivity contribution in [2.24, 2.45) is 0 Å². The van der Waals surface area contributed by atoms with Crippen molar-refractivity contribution in [2.75, 3.05) is 6.54 Å². The zero-order valence-electron chi connectivity index (χ0n) is 4.68. The summed E-state index contributed by atoms with van der Waals surface area (Å²) in [6.07, 6.45) is 0.541. The van der Waals surface area contributed by atoms with Crippen molar-refractivity contribution in [1.29, 1.82) is 0 Å². The number of imide groups is 1. The Morgan fingerprint density at radius 2 is 2.38 bits per heavy atom. The van der Waals surface area contributed by atoms with Gasteiger partial charge in [-0.15, -0.1) is 0 Å². The molecule has 0 saturated carbocycles. The fourth-order valence-corrected chi connectivity index (χ4v) is 0.648. The van der Waals surface area contributed by atoms with Crippen LogP contribution in [0.2, 0.25) is 0 Å². The second-order valence-electron chi connectivity index (χ2n) is 1.81. The second kappa shape index (κ2) is 1.58. The first-order chi connectivity index (χ1) is 3.72. The number of rotatable bonds is 0. The normalized spacial score (nSPS) is 18.1. The number of hydrogen-bond acceptors (Lipinski definition) is 2. The van der Waals surface area contributed by atoms with Gasteiger partial charge in [-0.2, -0.15) is 0 Å². The summed E-state index contributed by atoms with van der Waals surface area (Å²) < 4.78 is 0. The molecule has 0 spiro atoms. The summed E-state index contributed by atoms with van der Waals surface area (Å²) in [6, 6.07) is 0. The van der Waals surface area contributed by atoms with E-state index >= 15 is 0 Å². The SMILES string of the molecule is CC(=O)N1CCC1=O. The third kappa shape index (κ3) is 0.598. The van der Waals surface area contributed by atoms with E-state index in [4.69, 9.17) is 0 Å². The van der Waals surface area contributed by atoms with Gasteiger partial charge in [-0.05, 0) is 0 Å². The number of carbonyl (C=O) groups is 2. The zero-order chi connectivity index (χ0) is 6.15. The highest BCUT2D eigenvalue weighted by molar-refractivity contribution is 5.98. The lowest BCUT2D eigenvalue weighted by Crippen LogP contribution is -2.46. The van der Waals surface area contributed by atoms with Crippen molar-refractivity contribution in [2.45, 2.75) is 13.3 Å². The lowest BCUT2D eigenvalue weighted by atomic mass is 10.2. The van der Waals surface area contributed by atoms with Gasteiger partial charge in [0, 0.05) is 19.9 Å². The van der Waals surface area contributed by atoms with Crippen molar-refractivity contribution in [1.82, 2.24) is 4.90 Å². The number of hydrogen-bond donors (Lipinski definition) is 0. The maximum atomic E-state index is 10.4. The maximum Gasteiger partial charge on any atom is 0.230 e. The average molecular weight is 113 g/mol. The molecule has 0 N–H and O–H groups in total. The summed E-state index contributed by atoms with van der Waals surface area (Å²) in [5.74, 6) is -0.182. The van der Waals surface area contributed by atoms with Crippen LogP contribution in [0.4, 0.5) is 0 Å². The fraction of sp³-hybridized carbons (Fsp3) is 0.600. The average Bonchev–Trinajstić information content (AvgIpc) is 1.61. The highest BCUT2D eigenvalue weighted by Crippen LogP contribution is 2.06. The minimum Gasteiger partial charge on any atom is -0.282 e. The highest BCUT2D eigenvalue weighted by atomic mass is 16.2. The highest BCUT2D eigenvalue weighted by Gasteiger charge is 2.26. The Labute approximate surface area is 47.3 Å². The third-order valence-corrected chi connectivity index (χ3v) is 1.23. The molecule has 0 atom stereocenters. The fourth-order valence-electron chi connectivity index (χ4n) is 0.648. The molecule has 0 aromatic heterocycles. The van der Waals surface area contributed by atoms with Gasteiger partial charge in [0.1, 0.15) is 0 Å². The molecule has 1 aliphatic rings. The summed E-state index contributed by atoms with van der Waals surface area (Å²) in [5, 5.41) is 0. The minimum atomic E-state index is -0.138. The standard InChI is InChI=1S/C5H7NO2/c1-4(7)6-3-2-5(6)8/h2-3H2,1H3. The van der Waals surface area contributed by atoms with E-state index in [-0.39, 0.29) is 11.8 Å². The quantitative estimate of drug-likeness (QED) is 0.407. The molecular weight excluding hydrogens is 106 g/mol. The topological polar surface area (TPSA) is 37.4 Å². The first kappa shape index (κ1) is 5.28. The van der Waals surface area contributed by atoms with Crippen LogP contribution in [0, 0.1) is 0 Å². The zero-order valence-corrected chi connectivity index (χ0v) is 4.68. The van der Waals surface area contributed by atoms with Crippen molar-refractivity contribution in [3.05, 3.63) is 0 Å². The van der Waals surface area contributed by atoms with Crippen LogP contribution in [0.3, 0.4) is 0 Å². The van der Waals surface area contributed by atoms with Gasteiger partial charge in [-0.3, -0.25) is 14.5 Å². The van der Waals surface area contributed by atoms with E-state index in [1.54, 1.807) is 0 Å². The first-order valence-corrected chi connectivity index (χ1v) is 2.53. The Kier molecular flexibility index (Phi) is 1.04. The van der Waals surface area contributed by atoms with Crippen LogP contribution in [0.5, 0.6) is 0 Å². The van der Waals surface area contributed by atoms with E-state index in [0.717, 1.165) is 0 Å². The van der Waals surface area contributed by atoms with Crippen molar-refractivity contribution in [3.8, 4) is 0 Å². The number of carbonyl (C=O) groups excluding carboxylic acids is 2. The summed E-state index contributed by atoms with van der Waals surface area (Å²) in [7, 11) is 0. The predicted molar refractivity (Wildman–Crippen MR) is 27.0 cm³/mol. The van der Waals surface area contributed by atoms with E-state index < -0.39 is 0 Å². The van der Waals surface area contributed by atoms with Gasteiger partial charge in [0.25, 0.3) is 0 Å². The number of nitrogens with zero attached hydrogens (tertiary/aromatic N) is 1. The third-order valence-electron chi connectivity index (χ3n) is 1.23. The molecule has 2 amide bonds. The number of β-lactam (4-membered cyclic amide) rings is 1. The lowest BCUT2D eigenvalue weighted by molar-refractivity contribution is -0.150. The second-order valence-corrected chi connectivity index (χ2v) is 1.81. The molecule has 0 radical (unpaired) electrons. The van der Waals surface area contributed by atoms with Crippen molar-refractivity contribution in [3.63, 3.8) is 0 Å². The van der Waals surface area contributed by atoms with Crippen LogP contribution in [-0.4, -0.2) is 23.3 Å². The molecule has 0 aromatic carbocycles. The van der Waals surface area contributed by atoms with Gasteiger partial charge in [-0.1, -0.05) is 0 Å². The van der Waals surface area contributed by atoms with Crippen LogP contribution >= 0.6 is 0 Å². The Balaban J connectivity index is 2.49. The molecule has 0 aromatic rings. The minimum absolute atomic E-state index is 0.0440. The Hall–Kier alpha value is -0.860. The van der Waals surface area contributed by atoms with Crippen molar-refractivity contribution >= 4 is 11.8 Å². The molecule has 44 valence electrons. The Morgan fingerprint density at radius 1 is 1.75 bits per heavy atom. The molecule has 0 aliphatic carbocycles. The first-order valence-electron chi connectivity index (χ1n) is 2.53. The van der Waals surface area contributed by atoms with E-state index in [1.807, 2.05) is 0 Å². The van der Waals surface area contributed by atoms with Crippen LogP contribution in [0.25, 0.3) is 0 Å². The monoisotopic (exact) mass is 113 g/mol. The molecule has 3 heteroatoms. The molecule has 0 unspecified atom stereocenters. The molecule has 1 aliphatic heterocycles. The molecule has 1 rings (SSSR count). The van der Waals surface area contributed by atoms with Crippen LogP contribution < -0.4 is 0 Å². The predicted octanol–water partition coefficient (Wildman–Crippen LogP) is -0.235. The van der Waals surface area contributed by atoms with Gasteiger partial charge in [0.2, 0.25) is 11.8 Å². The molecule has 1 heterocycles. The van der Waals surface area contributed by atoms with E-state index in [0.29, 0.717) is 13.0 Å². The van der Waals surface area contributed by atoms with E-state index in [2.05, 4.69) is 0 Å². The number of likely N-dealkylation sites (tertiary alicyclic amines) is 1. The summed E-state index contributed by atoms with van der Waals surface area (Å²) in [5.41, 5.74) is 0. The molecule has 3 nitrogen and oxygen atoms in total. The molecular formula is C5H7NO2. The van der Waals surface area contributed by atoms with Gasteiger partial charge in [0.15, 0.2) is 0 Å². The molecule has 0 bridgehead atoms. The van der Waals surface area contributed by atoms with Crippen LogP contribution in [-0.2, 0) is 9.59 Å². The van der Waals surface area contributed by atoms with Crippen molar-refractivity contribution < 1.29 is 9.59 Å². The number of amides is 2. The van der Waals surface area contributed by atoms with Crippen LogP contribution in [0.1, 0.15) is 13.3 Å². The Bertz CT molecular complexity index is 133. The largest absolute Gasteiger partial charge is 0.282 e. The van der Waals surface area contributed by atoms with Crippen LogP contribution in [0.15, 0.2) is 0 Å². The molecule has 1 saturated heterocycles. The Morgan fingerprint density at radius 3 is 2.38 bits per heavy atom. The van der Waals surface area contributed by atoms with Gasteiger partial charge in [-0.25, -0.2) is 0 Å². The maximum absolute atomic E-state index is 10.4. The lowest BCUT2D eigenvalue weighted by Gasteiger charge is -2.26. The summed E-state index contributed by atoms with van der Waals surface area (Å²) in [6.45, 7) is 2.02. The molecule has 8 heavy (non-hydrogen) atoms. The van der Waals surface area contributed by atoms with Gasteiger partial charge >= 0.3 is 0 Å². The smallest absolute Gasteiger partial charge is 0.230 e. The van der Waals surface area contributed by atoms with E-state index in [9.17, 15) is 9.59 Å².